The van der Waals surface area contributed by atoms with Gasteiger partial charge in [0, 0.05) is 17.7 Å². The third-order valence-corrected chi connectivity index (χ3v) is 3.23. The van der Waals surface area contributed by atoms with E-state index >= 15 is 0 Å². The number of aromatic nitrogens is 1. The van der Waals surface area contributed by atoms with E-state index in [1.54, 1.807) is 5.38 Å². The van der Waals surface area contributed by atoms with Gasteiger partial charge in [-0.25, -0.2) is 4.98 Å². The van der Waals surface area contributed by atoms with Gasteiger partial charge in [0.05, 0.1) is 0 Å². The van der Waals surface area contributed by atoms with E-state index in [0.29, 0.717) is 23.8 Å². The number of thiazole rings is 1. The molecule has 0 fully saturated rings. The zero-order valence-electron chi connectivity index (χ0n) is 10.2. The Balaban J connectivity index is 2.70. The number of hydrogen-bond donors (Lipinski definition) is 2. The number of anilines is 1. The molecule has 0 saturated heterocycles. The molecule has 0 unspecified atom stereocenters. The van der Waals surface area contributed by atoms with Gasteiger partial charge in [-0.2, -0.15) is 0 Å². The van der Waals surface area contributed by atoms with E-state index in [1.165, 1.54) is 18.3 Å². The summed E-state index contributed by atoms with van der Waals surface area (Å²) in [7, 11) is 0. The number of rotatable bonds is 5. The van der Waals surface area contributed by atoms with Crippen molar-refractivity contribution in [1.82, 2.24) is 4.98 Å². The zero-order valence-corrected chi connectivity index (χ0v) is 11.1. The van der Waals surface area contributed by atoms with Gasteiger partial charge in [0.15, 0.2) is 10.9 Å². The van der Waals surface area contributed by atoms with Gasteiger partial charge in [-0.15, -0.1) is 11.3 Å². The van der Waals surface area contributed by atoms with Crippen molar-refractivity contribution in [2.75, 3.05) is 11.9 Å². The van der Waals surface area contributed by atoms with E-state index in [0.717, 1.165) is 0 Å². The fourth-order valence-electron chi connectivity index (χ4n) is 1.23. The maximum absolute atomic E-state index is 11.9. The second-order valence-electron chi connectivity index (χ2n) is 4.47. The van der Waals surface area contributed by atoms with Crippen LogP contribution in [0, 0.1) is 5.41 Å². The minimum absolute atomic E-state index is 0.108. The van der Waals surface area contributed by atoms with Gasteiger partial charge in [-0.05, 0) is 13.0 Å². The van der Waals surface area contributed by atoms with Crippen LogP contribution in [-0.4, -0.2) is 23.2 Å². The molecule has 1 aromatic heterocycles. The molecule has 0 bridgehead atoms. The predicted octanol–water partition coefficient (Wildman–Crippen LogP) is 1.66. The molecule has 0 aliphatic rings. The standard InChI is InChI=1S/C11H17N3O2S/c1-7(15)8-6-17-10(13-8)14-9(16)11(2,3)4-5-12/h6H,4-5,12H2,1-3H3,(H,13,14,16). The average Bonchev–Trinajstić information content (AvgIpc) is 2.66. The fraction of sp³-hybridized carbons (Fsp3) is 0.545. The first-order valence-corrected chi connectivity index (χ1v) is 6.23. The third kappa shape index (κ3) is 3.61. The second-order valence-corrected chi connectivity index (χ2v) is 5.33. The Labute approximate surface area is 104 Å². The van der Waals surface area contributed by atoms with E-state index < -0.39 is 5.41 Å². The molecule has 0 aliphatic carbocycles. The molecule has 17 heavy (non-hydrogen) atoms. The molecule has 0 aliphatic heterocycles. The number of carbonyl (C=O) groups excluding carboxylic acids is 2. The molecule has 1 heterocycles. The average molecular weight is 255 g/mol. The van der Waals surface area contributed by atoms with Crippen molar-refractivity contribution in [2.24, 2.45) is 11.1 Å². The van der Waals surface area contributed by atoms with Crippen LogP contribution in [0.4, 0.5) is 5.13 Å². The van der Waals surface area contributed by atoms with Crippen LogP contribution in [0.25, 0.3) is 0 Å². The maximum Gasteiger partial charge on any atom is 0.231 e. The van der Waals surface area contributed by atoms with Crippen molar-refractivity contribution in [3.05, 3.63) is 11.1 Å². The number of nitrogens with zero attached hydrogens (tertiary/aromatic N) is 1. The molecular weight excluding hydrogens is 238 g/mol. The Morgan fingerprint density at radius 2 is 2.18 bits per heavy atom. The van der Waals surface area contributed by atoms with Crippen molar-refractivity contribution >= 4 is 28.2 Å². The highest BCUT2D eigenvalue weighted by atomic mass is 32.1. The smallest absolute Gasteiger partial charge is 0.231 e. The molecular formula is C11H17N3O2S. The summed E-state index contributed by atoms with van der Waals surface area (Å²) >= 11 is 1.25. The molecule has 0 spiro atoms. The first-order valence-electron chi connectivity index (χ1n) is 5.35. The highest BCUT2D eigenvalue weighted by Crippen LogP contribution is 2.23. The predicted molar refractivity (Wildman–Crippen MR) is 68.2 cm³/mol. The Kier molecular flexibility index (Phi) is 4.36. The molecule has 3 N–H and O–H groups in total. The lowest BCUT2D eigenvalue weighted by Gasteiger charge is -2.21. The summed E-state index contributed by atoms with van der Waals surface area (Å²) in [6, 6.07) is 0. The van der Waals surface area contributed by atoms with Gasteiger partial charge in [0.1, 0.15) is 5.69 Å². The summed E-state index contributed by atoms with van der Waals surface area (Å²) in [5, 5.41) is 4.79. The second kappa shape index (κ2) is 5.37. The van der Waals surface area contributed by atoms with Crippen molar-refractivity contribution in [1.29, 1.82) is 0 Å². The third-order valence-electron chi connectivity index (χ3n) is 2.47. The molecule has 5 nitrogen and oxygen atoms in total. The Hall–Kier alpha value is -1.27. The van der Waals surface area contributed by atoms with Crippen molar-refractivity contribution < 1.29 is 9.59 Å². The van der Waals surface area contributed by atoms with Crippen molar-refractivity contribution in [3.63, 3.8) is 0 Å². The molecule has 0 aromatic carbocycles. The van der Waals surface area contributed by atoms with Crippen molar-refractivity contribution in [3.8, 4) is 0 Å². The van der Waals surface area contributed by atoms with Crippen LogP contribution >= 0.6 is 11.3 Å². The number of Topliss-reactive ketones (excluding diaryl/α,β-unsaturated/α-hetero) is 1. The van der Waals surface area contributed by atoms with E-state index in [1.807, 2.05) is 13.8 Å². The molecule has 94 valence electrons. The summed E-state index contributed by atoms with van der Waals surface area (Å²) in [4.78, 5) is 27.0. The molecule has 1 rings (SSSR count). The quantitative estimate of drug-likeness (QED) is 0.783. The summed E-state index contributed by atoms with van der Waals surface area (Å²) in [5.74, 6) is -0.240. The lowest BCUT2D eigenvalue weighted by atomic mass is 9.88. The Morgan fingerprint density at radius 3 is 2.65 bits per heavy atom. The molecule has 1 aromatic rings. The van der Waals surface area contributed by atoms with E-state index in [2.05, 4.69) is 10.3 Å². The number of hydrogen-bond acceptors (Lipinski definition) is 5. The Bertz CT molecular complexity index is 426. The topological polar surface area (TPSA) is 85.1 Å². The highest BCUT2D eigenvalue weighted by Gasteiger charge is 2.27. The van der Waals surface area contributed by atoms with Crippen LogP contribution in [0.2, 0.25) is 0 Å². The van der Waals surface area contributed by atoms with Gasteiger partial charge in [-0.1, -0.05) is 13.8 Å². The molecule has 1 amide bonds. The number of ketones is 1. The van der Waals surface area contributed by atoms with Crippen molar-refractivity contribution in [2.45, 2.75) is 27.2 Å². The van der Waals surface area contributed by atoms with Gasteiger partial charge in [-0.3, -0.25) is 9.59 Å². The van der Waals surface area contributed by atoms with Crippen LogP contribution in [0.15, 0.2) is 5.38 Å². The van der Waals surface area contributed by atoms with Crippen LogP contribution in [-0.2, 0) is 4.79 Å². The molecule has 0 radical (unpaired) electrons. The first-order chi connectivity index (χ1) is 7.86. The van der Waals surface area contributed by atoms with Crippen LogP contribution in [0.3, 0.4) is 0 Å². The normalized spacial score (nSPS) is 11.3. The van der Waals surface area contributed by atoms with E-state index in [-0.39, 0.29) is 11.7 Å². The minimum Gasteiger partial charge on any atom is -0.330 e. The number of nitrogens with one attached hydrogen (secondary N) is 1. The van der Waals surface area contributed by atoms with Gasteiger partial charge in [0.25, 0.3) is 0 Å². The summed E-state index contributed by atoms with van der Waals surface area (Å²) < 4.78 is 0. The minimum atomic E-state index is -0.531. The van der Waals surface area contributed by atoms with E-state index in [4.69, 9.17) is 5.73 Å². The lowest BCUT2D eigenvalue weighted by molar-refractivity contribution is -0.124. The fourth-order valence-corrected chi connectivity index (χ4v) is 1.98. The molecule has 6 heteroatoms. The van der Waals surface area contributed by atoms with E-state index in [9.17, 15) is 9.59 Å². The number of amides is 1. The molecule has 0 atom stereocenters. The number of carbonyl (C=O) groups is 2. The van der Waals surface area contributed by atoms with Gasteiger partial charge in [0.2, 0.25) is 5.91 Å². The summed E-state index contributed by atoms with van der Waals surface area (Å²) in [5.41, 5.74) is 5.30. The first kappa shape index (κ1) is 13.8. The zero-order chi connectivity index (χ0) is 13.1. The van der Waals surface area contributed by atoms with Crippen LogP contribution in [0.1, 0.15) is 37.7 Å². The largest absolute Gasteiger partial charge is 0.330 e. The monoisotopic (exact) mass is 255 g/mol. The van der Waals surface area contributed by atoms with Gasteiger partial charge < -0.3 is 11.1 Å². The lowest BCUT2D eigenvalue weighted by Crippen LogP contribution is -2.32. The maximum atomic E-state index is 11.9. The summed E-state index contributed by atoms with van der Waals surface area (Å²) in [6.07, 6.45) is 0.601. The Morgan fingerprint density at radius 1 is 1.53 bits per heavy atom. The van der Waals surface area contributed by atoms with Gasteiger partial charge >= 0.3 is 0 Å². The highest BCUT2D eigenvalue weighted by molar-refractivity contribution is 7.14. The molecule has 0 saturated carbocycles. The SMILES string of the molecule is CC(=O)c1csc(NC(=O)C(C)(C)CCN)n1. The number of nitrogens with two attached hydrogens (primary N) is 1. The van der Waals surface area contributed by atoms with Crippen LogP contribution in [0.5, 0.6) is 0 Å². The summed E-state index contributed by atoms with van der Waals surface area (Å²) in [6.45, 7) is 5.55. The van der Waals surface area contributed by atoms with Crippen LogP contribution < -0.4 is 11.1 Å².